The fourth-order valence-electron chi connectivity index (χ4n) is 0.593. The summed E-state index contributed by atoms with van der Waals surface area (Å²) in [5.41, 5.74) is 0. The van der Waals surface area contributed by atoms with Crippen LogP contribution in [0.15, 0.2) is 12.2 Å². The summed E-state index contributed by atoms with van der Waals surface area (Å²) in [4.78, 5) is 10.7. The molecule has 0 aliphatic carbocycles. The first-order chi connectivity index (χ1) is 4.25. The van der Waals surface area contributed by atoms with Crippen LogP contribution in [0.1, 0.15) is 0 Å². The Balaban J connectivity index is 2.75. The van der Waals surface area contributed by atoms with Gasteiger partial charge in [0, 0.05) is 12.3 Å². The molecule has 0 unspecified atom stereocenters. The molecule has 0 bridgehead atoms. The minimum Gasteiger partial charge on any atom is -0.284 e. The Hall–Kier alpha value is -0.770. The maximum Gasteiger partial charge on any atom is 0.262 e. The number of rotatable bonds is 1. The Kier molecular flexibility index (Phi) is 1.57. The van der Waals surface area contributed by atoms with Gasteiger partial charge < -0.3 is 0 Å². The van der Waals surface area contributed by atoms with Crippen LogP contribution in [0.2, 0.25) is 0 Å². The van der Waals surface area contributed by atoms with Gasteiger partial charge in [-0.3, -0.25) is 10.2 Å². The minimum atomic E-state index is -0.118. The molecule has 0 spiro atoms. The zero-order valence-corrected chi connectivity index (χ0v) is 5.73. The number of amidine groups is 1. The average molecular weight is 142 g/mol. The van der Waals surface area contributed by atoms with Crippen molar-refractivity contribution in [3.05, 3.63) is 12.2 Å². The standard InChI is InChI=1S/C5H6N2OS/c1-9-7-4(6)2-3-5(7)8/h2-3,6H,1H3. The molecular weight excluding hydrogens is 136 g/mol. The van der Waals surface area contributed by atoms with Gasteiger partial charge >= 0.3 is 0 Å². The van der Waals surface area contributed by atoms with Crippen molar-refractivity contribution in [3.8, 4) is 0 Å². The van der Waals surface area contributed by atoms with Crippen LogP contribution in [0.5, 0.6) is 0 Å². The minimum absolute atomic E-state index is 0.118. The van der Waals surface area contributed by atoms with E-state index in [9.17, 15) is 4.79 Å². The Morgan fingerprint density at radius 1 is 1.67 bits per heavy atom. The lowest BCUT2D eigenvalue weighted by Crippen LogP contribution is -2.20. The Bertz CT molecular complexity index is 169. The first-order valence-corrected chi connectivity index (χ1v) is 3.58. The zero-order chi connectivity index (χ0) is 6.85. The van der Waals surface area contributed by atoms with Crippen molar-refractivity contribution in [2.75, 3.05) is 6.26 Å². The number of carbonyl (C=O) groups is 1. The Morgan fingerprint density at radius 3 is 2.56 bits per heavy atom. The largest absolute Gasteiger partial charge is 0.284 e. The molecule has 1 N–H and O–H groups in total. The number of carbonyl (C=O) groups excluding carboxylic acids is 1. The van der Waals surface area contributed by atoms with E-state index in [0.29, 0.717) is 0 Å². The fourth-order valence-corrected chi connectivity index (χ4v) is 1.09. The molecule has 0 aromatic carbocycles. The summed E-state index contributed by atoms with van der Waals surface area (Å²) >= 11 is 1.25. The molecule has 0 radical (unpaired) electrons. The third-order valence-corrected chi connectivity index (χ3v) is 1.73. The van der Waals surface area contributed by atoms with E-state index in [-0.39, 0.29) is 11.7 Å². The Labute approximate surface area is 57.4 Å². The van der Waals surface area contributed by atoms with Crippen molar-refractivity contribution < 1.29 is 4.79 Å². The number of nitrogens with one attached hydrogen (secondary N) is 1. The van der Waals surface area contributed by atoms with E-state index in [1.807, 2.05) is 0 Å². The molecule has 1 heterocycles. The molecule has 0 saturated carbocycles. The summed E-state index contributed by atoms with van der Waals surface area (Å²) in [5.74, 6) is 0.139. The van der Waals surface area contributed by atoms with Crippen LogP contribution < -0.4 is 0 Å². The first-order valence-electron chi connectivity index (χ1n) is 2.40. The molecule has 0 saturated heterocycles. The van der Waals surface area contributed by atoms with Crippen LogP contribution in [-0.2, 0) is 4.79 Å². The van der Waals surface area contributed by atoms with Crippen molar-refractivity contribution in [2.24, 2.45) is 0 Å². The summed E-state index contributed by atoms with van der Waals surface area (Å²) in [6.45, 7) is 0. The molecule has 0 aromatic rings. The molecule has 9 heavy (non-hydrogen) atoms. The van der Waals surface area contributed by atoms with Crippen LogP contribution in [0.3, 0.4) is 0 Å². The monoisotopic (exact) mass is 142 g/mol. The summed E-state index contributed by atoms with van der Waals surface area (Å²) < 4.78 is 1.32. The lowest BCUT2D eigenvalue weighted by atomic mass is 10.6. The number of amides is 1. The van der Waals surface area contributed by atoms with E-state index in [1.54, 1.807) is 6.26 Å². The van der Waals surface area contributed by atoms with Crippen molar-refractivity contribution in [3.63, 3.8) is 0 Å². The maximum atomic E-state index is 10.7. The quantitative estimate of drug-likeness (QED) is 0.546. The molecule has 1 aliphatic rings. The van der Waals surface area contributed by atoms with E-state index < -0.39 is 0 Å². The zero-order valence-electron chi connectivity index (χ0n) is 4.92. The van der Waals surface area contributed by atoms with Gasteiger partial charge in [-0.15, -0.1) is 0 Å². The van der Waals surface area contributed by atoms with Crippen molar-refractivity contribution >= 4 is 23.7 Å². The smallest absolute Gasteiger partial charge is 0.262 e. The topological polar surface area (TPSA) is 44.2 Å². The molecular formula is C5H6N2OS. The molecule has 4 heteroatoms. The van der Waals surface area contributed by atoms with Gasteiger partial charge in [-0.2, -0.15) is 0 Å². The highest BCUT2D eigenvalue weighted by Crippen LogP contribution is 2.12. The normalized spacial score (nSPS) is 17.7. The van der Waals surface area contributed by atoms with Crippen LogP contribution in [-0.4, -0.2) is 22.3 Å². The van der Waals surface area contributed by atoms with Crippen LogP contribution in [0, 0.1) is 5.41 Å². The van der Waals surface area contributed by atoms with Crippen molar-refractivity contribution in [1.82, 2.24) is 4.31 Å². The molecule has 1 rings (SSSR count). The predicted molar refractivity (Wildman–Crippen MR) is 37.2 cm³/mol. The van der Waals surface area contributed by atoms with E-state index in [2.05, 4.69) is 0 Å². The van der Waals surface area contributed by atoms with Gasteiger partial charge in [-0.1, -0.05) is 0 Å². The molecule has 0 fully saturated rings. The van der Waals surface area contributed by atoms with Gasteiger partial charge in [0.05, 0.1) is 0 Å². The van der Waals surface area contributed by atoms with Crippen molar-refractivity contribution in [2.45, 2.75) is 0 Å². The van der Waals surface area contributed by atoms with Crippen molar-refractivity contribution in [1.29, 1.82) is 5.41 Å². The fraction of sp³-hybridized carbons (Fsp3) is 0.200. The number of hydrogen-bond donors (Lipinski definition) is 1. The third kappa shape index (κ3) is 0.977. The van der Waals surface area contributed by atoms with E-state index in [4.69, 9.17) is 5.41 Å². The predicted octanol–water partition coefficient (Wildman–Crippen LogP) is 0.640. The average Bonchev–Trinajstić information content (AvgIpc) is 2.12. The summed E-state index contributed by atoms with van der Waals surface area (Å²) in [6.07, 6.45) is 4.64. The van der Waals surface area contributed by atoms with Gasteiger partial charge in [0.15, 0.2) is 0 Å². The first kappa shape index (κ1) is 6.35. The highest BCUT2D eigenvalue weighted by molar-refractivity contribution is 7.97. The lowest BCUT2D eigenvalue weighted by Gasteiger charge is -2.09. The van der Waals surface area contributed by atoms with E-state index >= 15 is 0 Å². The van der Waals surface area contributed by atoms with Crippen LogP contribution in [0.4, 0.5) is 0 Å². The molecule has 1 aliphatic heterocycles. The second-order valence-electron chi connectivity index (χ2n) is 1.53. The summed E-state index contributed by atoms with van der Waals surface area (Å²) in [6, 6.07) is 0. The molecule has 1 amide bonds. The van der Waals surface area contributed by atoms with E-state index in [0.717, 1.165) is 0 Å². The number of hydrogen-bond acceptors (Lipinski definition) is 3. The molecule has 48 valence electrons. The van der Waals surface area contributed by atoms with Crippen LogP contribution >= 0.6 is 11.9 Å². The van der Waals surface area contributed by atoms with Crippen LogP contribution in [0.25, 0.3) is 0 Å². The number of nitrogens with zero attached hydrogens (tertiary/aromatic N) is 1. The van der Waals surface area contributed by atoms with Gasteiger partial charge in [0.25, 0.3) is 5.91 Å². The second-order valence-corrected chi connectivity index (χ2v) is 2.26. The molecule has 3 nitrogen and oxygen atoms in total. The SMILES string of the molecule is CSN1C(=N)C=CC1=O. The van der Waals surface area contributed by atoms with Gasteiger partial charge in [0.1, 0.15) is 5.84 Å². The van der Waals surface area contributed by atoms with E-state index in [1.165, 1.54) is 28.4 Å². The lowest BCUT2D eigenvalue weighted by molar-refractivity contribution is -0.118. The molecule has 0 aromatic heterocycles. The summed E-state index contributed by atoms with van der Waals surface area (Å²) in [7, 11) is 0. The third-order valence-electron chi connectivity index (χ3n) is 0.985. The van der Waals surface area contributed by atoms with Gasteiger partial charge in [0.2, 0.25) is 0 Å². The highest BCUT2D eigenvalue weighted by Gasteiger charge is 2.18. The van der Waals surface area contributed by atoms with Gasteiger partial charge in [-0.25, -0.2) is 4.31 Å². The maximum absolute atomic E-state index is 10.7. The summed E-state index contributed by atoms with van der Waals surface area (Å²) in [5, 5.41) is 7.13. The highest BCUT2D eigenvalue weighted by atomic mass is 32.2. The molecule has 0 atom stereocenters. The Morgan fingerprint density at radius 2 is 2.33 bits per heavy atom. The second kappa shape index (κ2) is 2.23. The van der Waals surface area contributed by atoms with Gasteiger partial charge in [-0.05, 0) is 18.0 Å².